The highest BCUT2D eigenvalue weighted by Crippen LogP contribution is 2.25. The average molecular weight is 281 g/mol. The van der Waals surface area contributed by atoms with Gasteiger partial charge in [0.25, 0.3) is 0 Å². The van der Waals surface area contributed by atoms with E-state index in [0.29, 0.717) is 0 Å². The molecule has 0 fully saturated rings. The number of aliphatic carboxylic acids is 1. The number of carbonyl (C=O) groups is 2. The Morgan fingerprint density at radius 3 is 2.78 bits per heavy atom. The first-order valence-corrected chi connectivity index (χ1v) is 7.00. The van der Waals surface area contributed by atoms with Gasteiger partial charge in [-0.2, -0.15) is 0 Å². The highest BCUT2D eigenvalue weighted by atomic mass is 32.2. The van der Waals surface area contributed by atoms with Crippen LogP contribution in [-0.2, 0) is 16.0 Å². The number of hydrogen-bond donors (Lipinski definition) is 1. The largest absolute Gasteiger partial charge is 0.480 e. The number of carboxylic acid groups (broad SMARTS) is 1. The zero-order valence-corrected chi connectivity index (χ0v) is 11.3. The number of rotatable bonds is 4. The first kappa shape index (κ1) is 13.0. The molecule has 0 radical (unpaired) electrons. The molecular formula is C12H11NO3S2. The van der Waals surface area contributed by atoms with Gasteiger partial charge in [0.15, 0.2) is 5.12 Å². The van der Waals surface area contributed by atoms with Gasteiger partial charge >= 0.3 is 5.97 Å². The second-order valence-corrected chi connectivity index (χ2v) is 6.21. The molecule has 1 N–H and O–H groups in total. The molecule has 0 saturated heterocycles. The molecule has 2 rings (SSSR count). The van der Waals surface area contributed by atoms with Crippen LogP contribution in [0, 0.1) is 0 Å². The summed E-state index contributed by atoms with van der Waals surface area (Å²) in [5.74, 6) is -0.977. The number of thiazole rings is 1. The standard InChI is InChI=1S/C12H11NO3S2/c1-7(14)17-10(12(15)16)6-11-13-8-4-2-3-5-9(8)18-11/h2-5,10H,6H2,1H3,(H,15,16)/t10-/m1/s1. The fourth-order valence-electron chi connectivity index (χ4n) is 1.55. The molecule has 0 spiro atoms. The lowest BCUT2D eigenvalue weighted by atomic mass is 10.3. The van der Waals surface area contributed by atoms with Crippen LogP contribution in [0.2, 0.25) is 0 Å². The van der Waals surface area contributed by atoms with E-state index in [1.54, 1.807) is 0 Å². The van der Waals surface area contributed by atoms with Gasteiger partial charge in [0.05, 0.1) is 15.2 Å². The predicted molar refractivity (Wildman–Crippen MR) is 73.0 cm³/mol. The van der Waals surface area contributed by atoms with Crippen LogP contribution in [0.25, 0.3) is 10.2 Å². The fourth-order valence-corrected chi connectivity index (χ4v) is 3.41. The van der Waals surface area contributed by atoms with E-state index in [-0.39, 0.29) is 11.5 Å². The quantitative estimate of drug-likeness (QED) is 0.933. The summed E-state index contributed by atoms with van der Waals surface area (Å²) < 4.78 is 1.03. The van der Waals surface area contributed by atoms with Crippen molar-refractivity contribution >= 4 is 44.4 Å². The monoisotopic (exact) mass is 281 g/mol. The number of para-hydroxylation sites is 1. The predicted octanol–water partition coefficient (Wildman–Crippen LogP) is 2.57. The van der Waals surface area contributed by atoms with Gasteiger partial charge in [0.2, 0.25) is 0 Å². The highest BCUT2D eigenvalue weighted by molar-refractivity contribution is 8.14. The Bertz CT molecular complexity index is 561. The van der Waals surface area contributed by atoms with Gasteiger partial charge in [0.1, 0.15) is 5.25 Å². The Balaban J connectivity index is 2.20. The van der Waals surface area contributed by atoms with Gasteiger partial charge in [0, 0.05) is 13.3 Å². The summed E-state index contributed by atoms with van der Waals surface area (Å²) in [5.41, 5.74) is 0.870. The summed E-state index contributed by atoms with van der Waals surface area (Å²) in [6.07, 6.45) is 0.277. The second kappa shape index (κ2) is 5.49. The molecule has 1 atom stereocenters. The van der Waals surface area contributed by atoms with Crippen LogP contribution < -0.4 is 0 Å². The van der Waals surface area contributed by atoms with Gasteiger partial charge < -0.3 is 5.11 Å². The van der Waals surface area contributed by atoms with Crippen molar-refractivity contribution in [3.63, 3.8) is 0 Å². The summed E-state index contributed by atoms with van der Waals surface area (Å²) in [4.78, 5) is 26.4. The molecule has 1 heterocycles. The van der Waals surface area contributed by atoms with Crippen molar-refractivity contribution in [3.8, 4) is 0 Å². The Labute approximate surface area is 112 Å². The van der Waals surface area contributed by atoms with E-state index in [9.17, 15) is 9.59 Å². The Morgan fingerprint density at radius 1 is 1.44 bits per heavy atom. The van der Waals surface area contributed by atoms with Crippen molar-refractivity contribution in [2.24, 2.45) is 0 Å². The summed E-state index contributed by atoms with van der Waals surface area (Å²) in [7, 11) is 0. The molecule has 2 aromatic rings. The minimum absolute atomic E-state index is 0.191. The number of thioether (sulfide) groups is 1. The van der Waals surface area contributed by atoms with Crippen LogP contribution in [-0.4, -0.2) is 26.4 Å². The maximum Gasteiger partial charge on any atom is 0.317 e. The molecule has 94 valence electrons. The summed E-state index contributed by atoms with van der Waals surface area (Å²) >= 11 is 2.31. The molecule has 0 saturated carbocycles. The van der Waals surface area contributed by atoms with Crippen LogP contribution in [0.5, 0.6) is 0 Å². The summed E-state index contributed by atoms with van der Waals surface area (Å²) in [6.45, 7) is 1.37. The van der Waals surface area contributed by atoms with E-state index in [0.717, 1.165) is 27.0 Å². The summed E-state index contributed by atoms with van der Waals surface area (Å²) in [5, 5.41) is 8.86. The Kier molecular flexibility index (Phi) is 3.98. The van der Waals surface area contributed by atoms with Crippen molar-refractivity contribution in [1.29, 1.82) is 0 Å². The average Bonchev–Trinajstić information content (AvgIpc) is 2.69. The lowest BCUT2D eigenvalue weighted by Crippen LogP contribution is -2.20. The van der Waals surface area contributed by atoms with Crippen molar-refractivity contribution in [3.05, 3.63) is 29.3 Å². The van der Waals surface area contributed by atoms with Crippen LogP contribution >= 0.6 is 23.1 Å². The van der Waals surface area contributed by atoms with Gasteiger partial charge in [-0.1, -0.05) is 23.9 Å². The SMILES string of the molecule is CC(=O)S[C@H](Cc1nc2ccccc2s1)C(=O)O. The van der Waals surface area contributed by atoms with Crippen molar-refractivity contribution in [2.75, 3.05) is 0 Å². The minimum atomic E-state index is -0.977. The Morgan fingerprint density at radius 2 is 2.17 bits per heavy atom. The van der Waals surface area contributed by atoms with E-state index in [2.05, 4.69) is 4.98 Å². The molecule has 0 bridgehead atoms. The van der Waals surface area contributed by atoms with Crippen LogP contribution in [0.1, 0.15) is 11.9 Å². The minimum Gasteiger partial charge on any atom is -0.480 e. The van der Waals surface area contributed by atoms with E-state index in [1.165, 1.54) is 18.3 Å². The molecule has 4 nitrogen and oxygen atoms in total. The molecule has 0 aliphatic carbocycles. The first-order chi connectivity index (χ1) is 8.56. The number of aromatic nitrogens is 1. The number of nitrogens with zero attached hydrogens (tertiary/aromatic N) is 1. The molecule has 0 aliphatic rings. The number of carbonyl (C=O) groups excluding carboxylic acids is 1. The molecule has 1 aromatic heterocycles. The molecule has 18 heavy (non-hydrogen) atoms. The van der Waals surface area contributed by atoms with Crippen LogP contribution in [0.3, 0.4) is 0 Å². The van der Waals surface area contributed by atoms with Gasteiger partial charge in [-0.25, -0.2) is 4.98 Å². The first-order valence-electron chi connectivity index (χ1n) is 5.30. The fraction of sp³-hybridized carbons (Fsp3) is 0.250. The third-order valence-corrected chi connectivity index (χ3v) is 4.33. The second-order valence-electron chi connectivity index (χ2n) is 3.72. The molecular weight excluding hydrogens is 270 g/mol. The molecule has 0 unspecified atom stereocenters. The van der Waals surface area contributed by atoms with Crippen molar-refractivity contribution in [1.82, 2.24) is 4.98 Å². The van der Waals surface area contributed by atoms with Gasteiger partial charge in [-0.15, -0.1) is 11.3 Å². The maximum atomic E-state index is 11.1. The third-order valence-electron chi connectivity index (χ3n) is 2.28. The number of carboxylic acids is 1. The molecule has 0 amide bonds. The number of fused-ring (bicyclic) bond motifs is 1. The highest BCUT2D eigenvalue weighted by Gasteiger charge is 2.22. The van der Waals surface area contributed by atoms with E-state index in [1.807, 2.05) is 24.3 Å². The van der Waals surface area contributed by atoms with E-state index >= 15 is 0 Å². The van der Waals surface area contributed by atoms with E-state index < -0.39 is 11.2 Å². The third kappa shape index (κ3) is 3.08. The van der Waals surface area contributed by atoms with Crippen molar-refractivity contribution < 1.29 is 14.7 Å². The smallest absolute Gasteiger partial charge is 0.317 e. The zero-order valence-electron chi connectivity index (χ0n) is 9.62. The lowest BCUT2D eigenvalue weighted by molar-refractivity contribution is -0.136. The lowest BCUT2D eigenvalue weighted by Gasteiger charge is -2.06. The maximum absolute atomic E-state index is 11.1. The van der Waals surface area contributed by atoms with Crippen LogP contribution in [0.15, 0.2) is 24.3 Å². The topological polar surface area (TPSA) is 67.3 Å². The number of hydrogen-bond acceptors (Lipinski definition) is 5. The van der Waals surface area contributed by atoms with Crippen LogP contribution in [0.4, 0.5) is 0 Å². The zero-order chi connectivity index (χ0) is 13.1. The van der Waals surface area contributed by atoms with E-state index in [4.69, 9.17) is 5.11 Å². The molecule has 0 aliphatic heterocycles. The summed E-state index contributed by atoms with van der Waals surface area (Å²) in [6, 6.07) is 7.65. The van der Waals surface area contributed by atoms with Gasteiger partial charge in [-0.05, 0) is 12.1 Å². The van der Waals surface area contributed by atoms with Crippen molar-refractivity contribution in [2.45, 2.75) is 18.6 Å². The molecule has 6 heteroatoms. The Hall–Kier alpha value is -1.40. The molecule has 1 aromatic carbocycles. The van der Waals surface area contributed by atoms with Gasteiger partial charge in [-0.3, -0.25) is 9.59 Å². The number of benzene rings is 1. The normalized spacial score (nSPS) is 12.5.